The summed E-state index contributed by atoms with van der Waals surface area (Å²) in [7, 11) is 0. The van der Waals surface area contributed by atoms with Crippen LogP contribution in [-0.2, 0) is 9.59 Å². The average Bonchev–Trinajstić information content (AvgIpc) is 2.94. The van der Waals surface area contributed by atoms with E-state index in [0.29, 0.717) is 30.0 Å². The summed E-state index contributed by atoms with van der Waals surface area (Å²) in [4.78, 5) is 27.3. The molecule has 0 bridgehead atoms. The fourth-order valence-electron chi connectivity index (χ4n) is 5.03. The highest BCUT2D eigenvalue weighted by Gasteiger charge is 2.24. The summed E-state index contributed by atoms with van der Waals surface area (Å²) in [5, 5.41) is 5.96. The molecular formula is C31H35F2N3O2. The number of rotatable bonds is 10. The van der Waals surface area contributed by atoms with Crippen LogP contribution in [0.3, 0.4) is 0 Å². The van der Waals surface area contributed by atoms with Crippen molar-refractivity contribution in [2.24, 2.45) is 0 Å². The van der Waals surface area contributed by atoms with Crippen LogP contribution in [0, 0.1) is 11.6 Å². The Bertz CT molecular complexity index is 1160. The van der Waals surface area contributed by atoms with Crippen LogP contribution in [0.4, 0.5) is 14.5 Å². The van der Waals surface area contributed by atoms with Crippen LogP contribution in [0.15, 0.2) is 72.8 Å². The van der Waals surface area contributed by atoms with Gasteiger partial charge in [0.25, 0.3) is 0 Å². The number of halogens is 2. The maximum absolute atomic E-state index is 13.5. The van der Waals surface area contributed by atoms with Gasteiger partial charge in [0.15, 0.2) is 0 Å². The number of nitrogens with zero attached hydrogens (tertiary/aromatic N) is 1. The Morgan fingerprint density at radius 2 is 1.53 bits per heavy atom. The highest BCUT2D eigenvalue weighted by Crippen LogP contribution is 2.30. The Labute approximate surface area is 223 Å². The van der Waals surface area contributed by atoms with Crippen LogP contribution < -0.4 is 10.6 Å². The van der Waals surface area contributed by atoms with Crippen molar-refractivity contribution in [2.45, 2.75) is 44.4 Å². The maximum Gasteiger partial charge on any atom is 0.232 e. The summed E-state index contributed by atoms with van der Waals surface area (Å²) >= 11 is 0. The molecule has 0 unspecified atom stereocenters. The van der Waals surface area contributed by atoms with E-state index in [2.05, 4.69) is 27.7 Å². The predicted molar refractivity (Wildman–Crippen MR) is 146 cm³/mol. The third kappa shape index (κ3) is 7.48. The van der Waals surface area contributed by atoms with E-state index in [4.69, 9.17) is 0 Å². The number of nitrogens with one attached hydrogen (secondary N) is 2. The normalized spacial score (nSPS) is 14.4. The molecule has 5 nitrogen and oxygen atoms in total. The van der Waals surface area contributed by atoms with Gasteiger partial charge in [0, 0.05) is 18.7 Å². The van der Waals surface area contributed by atoms with Crippen molar-refractivity contribution in [1.29, 1.82) is 0 Å². The fraction of sp³-hybridized carbons (Fsp3) is 0.355. The Morgan fingerprint density at radius 3 is 2.11 bits per heavy atom. The van der Waals surface area contributed by atoms with Crippen LogP contribution >= 0.6 is 0 Å². The van der Waals surface area contributed by atoms with Crippen LogP contribution in [0.1, 0.15) is 61.1 Å². The van der Waals surface area contributed by atoms with Crippen molar-refractivity contribution >= 4 is 17.5 Å². The summed E-state index contributed by atoms with van der Waals surface area (Å²) in [5.74, 6) is -1.07. The summed E-state index contributed by atoms with van der Waals surface area (Å²) < 4.78 is 26.9. The van der Waals surface area contributed by atoms with Crippen molar-refractivity contribution in [3.05, 3.63) is 101 Å². The lowest BCUT2D eigenvalue weighted by molar-refractivity contribution is -0.121. The monoisotopic (exact) mass is 519 g/mol. The zero-order valence-electron chi connectivity index (χ0n) is 21.8. The summed E-state index contributed by atoms with van der Waals surface area (Å²) in [5.41, 5.74) is 3.44. The molecule has 4 rings (SSSR count). The molecule has 200 valence electrons. The lowest BCUT2D eigenvalue weighted by Gasteiger charge is -2.32. The highest BCUT2D eigenvalue weighted by molar-refractivity contribution is 5.90. The Kier molecular flexibility index (Phi) is 9.60. The second-order valence-electron chi connectivity index (χ2n) is 9.82. The average molecular weight is 520 g/mol. The van der Waals surface area contributed by atoms with Gasteiger partial charge in [-0.25, -0.2) is 8.78 Å². The second kappa shape index (κ2) is 13.3. The molecule has 0 aliphatic carbocycles. The highest BCUT2D eigenvalue weighted by atomic mass is 19.1. The lowest BCUT2D eigenvalue weighted by atomic mass is 9.89. The number of carbonyl (C=O) groups is 2. The van der Waals surface area contributed by atoms with E-state index in [1.807, 2.05) is 19.1 Å². The number of likely N-dealkylation sites (tertiary alicyclic amines) is 1. The maximum atomic E-state index is 13.5. The molecule has 1 heterocycles. The quantitative estimate of drug-likeness (QED) is 0.331. The number of carbonyl (C=O) groups excluding carboxylic acids is 2. The molecule has 0 aromatic heterocycles. The third-order valence-electron chi connectivity index (χ3n) is 7.17. The number of piperidine rings is 1. The van der Waals surface area contributed by atoms with Gasteiger partial charge in [-0.2, -0.15) is 0 Å². The van der Waals surface area contributed by atoms with E-state index in [9.17, 15) is 18.4 Å². The van der Waals surface area contributed by atoms with Gasteiger partial charge in [0.1, 0.15) is 11.6 Å². The van der Waals surface area contributed by atoms with E-state index < -0.39 is 5.92 Å². The van der Waals surface area contributed by atoms with E-state index >= 15 is 0 Å². The van der Waals surface area contributed by atoms with E-state index in [-0.39, 0.29) is 23.4 Å². The third-order valence-corrected chi connectivity index (χ3v) is 7.17. The first-order chi connectivity index (χ1) is 18.4. The molecule has 3 aromatic carbocycles. The first-order valence-corrected chi connectivity index (χ1v) is 13.3. The molecule has 0 radical (unpaired) electrons. The van der Waals surface area contributed by atoms with Gasteiger partial charge in [0.2, 0.25) is 11.8 Å². The largest absolute Gasteiger partial charge is 0.355 e. The molecule has 2 N–H and O–H groups in total. The van der Waals surface area contributed by atoms with Gasteiger partial charge in [0.05, 0.1) is 5.92 Å². The number of hydrogen-bond donors (Lipinski definition) is 2. The van der Waals surface area contributed by atoms with Crippen LogP contribution in [0.25, 0.3) is 0 Å². The molecule has 1 saturated heterocycles. The smallest absolute Gasteiger partial charge is 0.232 e. The van der Waals surface area contributed by atoms with Crippen molar-refractivity contribution in [2.75, 3.05) is 31.5 Å². The zero-order valence-corrected chi connectivity index (χ0v) is 21.8. The van der Waals surface area contributed by atoms with Gasteiger partial charge in [-0.15, -0.1) is 0 Å². The van der Waals surface area contributed by atoms with Gasteiger partial charge < -0.3 is 15.5 Å². The van der Waals surface area contributed by atoms with E-state index in [0.717, 1.165) is 44.6 Å². The van der Waals surface area contributed by atoms with Gasteiger partial charge in [-0.05, 0) is 97.9 Å². The van der Waals surface area contributed by atoms with Crippen molar-refractivity contribution in [1.82, 2.24) is 10.2 Å². The van der Waals surface area contributed by atoms with Crippen LogP contribution in [0.5, 0.6) is 0 Å². The molecular weight excluding hydrogens is 484 g/mol. The minimum Gasteiger partial charge on any atom is -0.355 e. The van der Waals surface area contributed by atoms with E-state index in [1.54, 1.807) is 24.3 Å². The molecule has 1 aliphatic heterocycles. The van der Waals surface area contributed by atoms with E-state index in [1.165, 1.54) is 29.8 Å². The topological polar surface area (TPSA) is 61.4 Å². The lowest BCUT2D eigenvalue weighted by Crippen LogP contribution is -2.36. The molecule has 1 fully saturated rings. The van der Waals surface area contributed by atoms with Gasteiger partial charge in [-0.1, -0.05) is 43.3 Å². The number of anilines is 1. The molecule has 0 spiro atoms. The van der Waals surface area contributed by atoms with Crippen molar-refractivity contribution in [3.63, 3.8) is 0 Å². The Morgan fingerprint density at radius 1 is 0.921 bits per heavy atom. The molecule has 1 aliphatic rings. The molecule has 38 heavy (non-hydrogen) atoms. The number of hydrogen-bond acceptors (Lipinski definition) is 3. The summed E-state index contributed by atoms with van der Waals surface area (Å²) in [6.45, 7) is 5.22. The number of amides is 2. The standard InChI is InChI=1S/C31H35F2N3O2/c1-2-29(37)35-28-6-3-5-25(21-28)22-15-19-36(20-16-22)18-4-17-34-31(38)30(23-7-11-26(32)12-8-23)24-9-13-27(33)14-10-24/h3,5-14,21-22,30H,2,4,15-20H2,1H3,(H,34,38)(H,35,37). The molecule has 7 heteroatoms. The minimum atomic E-state index is -0.634. The van der Waals surface area contributed by atoms with Crippen molar-refractivity contribution in [3.8, 4) is 0 Å². The SMILES string of the molecule is CCC(=O)Nc1cccc(C2CCN(CCCNC(=O)C(c3ccc(F)cc3)c3ccc(F)cc3)CC2)c1. The first-order valence-electron chi connectivity index (χ1n) is 13.3. The summed E-state index contributed by atoms with van der Waals surface area (Å²) in [6.07, 6.45) is 3.38. The van der Waals surface area contributed by atoms with Crippen molar-refractivity contribution < 1.29 is 18.4 Å². The van der Waals surface area contributed by atoms with Gasteiger partial charge >= 0.3 is 0 Å². The number of benzene rings is 3. The van der Waals surface area contributed by atoms with Crippen LogP contribution in [0.2, 0.25) is 0 Å². The molecule has 0 saturated carbocycles. The first kappa shape index (κ1) is 27.5. The Hall–Kier alpha value is -3.58. The molecule has 3 aromatic rings. The molecule has 2 amide bonds. The second-order valence-corrected chi connectivity index (χ2v) is 9.82. The predicted octanol–water partition coefficient (Wildman–Crippen LogP) is 5.83. The summed E-state index contributed by atoms with van der Waals surface area (Å²) in [6, 6.07) is 19.9. The zero-order chi connectivity index (χ0) is 26.9. The Balaban J connectivity index is 1.25. The fourth-order valence-corrected chi connectivity index (χ4v) is 5.03. The minimum absolute atomic E-state index is 0.0192. The molecule has 0 atom stereocenters. The van der Waals surface area contributed by atoms with Crippen LogP contribution in [-0.4, -0.2) is 42.9 Å². The van der Waals surface area contributed by atoms with Gasteiger partial charge in [-0.3, -0.25) is 9.59 Å².